The Morgan fingerprint density at radius 2 is 1.50 bits per heavy atom. The third kappa shape index (κ3) is 5.66. The van der Waals surface area contributed by atoms with E-state index < -0.39 is 80.4 Å². The highest BCUT2D eigenvalue weighted by molar-refractivity contribution is 9.10. The number of anilines is 2. The molecule has 1 N–H and O–H groups in total. The second kappa shape index (κ2) is 10.6. The molecular weight excluding hydrogens is 657 g/mol. The van der Waals surface area contributed by atoms with Gasteiger partial charge in [-0.05, 0) is 51.6 Å². The lowest BCUT2D eigenvalue weighted by atomic mass is 9.92. The molecule has 1 heterocycles. The fourth-order valence-corrected chi connectivity index (χ4v) is 4.71. The Bertz CT molecular complexity index is 1420. The predicted octanol–water partition coefficient (Wildman–Crippen LogP) is 8.49. The smallest absolute Gasteiger partial charge is 0.320 e. The van der Waals surface area contributed by atoms with Crippen LogP contribution in [0.4, 0.5) is 59.7 Å². The first-order chi connectivity index (χ1) is 18.2. The van der Waals surface area contributed by atoms with E-state index in [9.17, 15) is 53.5 Å². The number of benzene rings is 2. The van der Waals surface area contributed by atoms with Crippen LogP contribution in [0, 0.1) is 5.82 Å². The molecule has 4 nitrogen and oxygen atoms in total. The fourth-order valence-electron chi connectivity index (χ4n) is 3.45. The van der Waals surface area contributed by atoms with Crippen molar-refractivity contribution in [2.45, 2.75) is 24.2 Å². The van der Waals surface area contributed by atoms with Crippen molar-refractivity contribution < 1.29 is 57.9 Å². The van der Waals surface area contributed by atoms with Crippen molar-refractivity contribution in [2.75, 3.05) is 17.3 Å². The quantitative estimate of drug-likeness (QED) is 0.277. The van der Waals surface area contributed by atoms with Gasteiger partial charge in [-0.25, -0.2) is 8.78 Å². The highest BCUT2D eigenvalue weighted by Crippen LogP contribution is 2.55. The first kappa shape index (κ1) is 31.3. The van der Waals surface area contributed by atoms with Crippen molar-refractivity contribution in [2.24, 2.45) is 0 Å². The van der Waals surface area contributed by atoms with Gasteiger partial charge in [0.15, 0.2) is 5.82 Å². The standard InChI is InChI=1S/C23H12BrF11N2O2S/c1-37(19(39)15-6-3-7-40-15)14-5-2-4-11(16(14)25)18(38)36-17-12(21(27,28)29)8-10(9-13(17)24)20(26,22(30,31)32)23(33,34)35/h2-9H,1H3,(H,36,38). The molecule has 0 aliphatic rings. The highest BCUT2D eigenvalue weighted by Gasteiger charge is 2.73. The van der Waals surface area contributed by atoms with Crippen LogP contribution in [0.2, 0.25) is 0 Å². The number of alkyl halides is 10. The Balaban J connectivity index is 2.09. The molecule has 0 aliphatic carbocycles. The number of amides is 2. The number of hydrogen-bond acceptors (Lipinski definition) is 3. The number of rotatable bonds is 5. The van der Waals surface area contributed by atoms with Gasteiger partial charge in [0.25, 0.3) is 11.8 Å². The van der Waals surface area contributed by atoms with Crippen molar-refractivity contribution in [3.05, 3.63) is 79.7 Å². The Morgan fingerprint density at radius 1 is 0.900 bits per heavy atom. The van der Waals surface area contributed by atoms with Crippen LogP contribution in [0.25, 0.3) is 0 Å². The van der Waals surface area contributed by atoms with Crippen molar-refractivity contribution in [1.82, 2.24) is 0 Å². The number of halogens is 12. The van der Waals surface area contributed by atoms with Crippen LogP contribution in [-0.2, 0) is 11.8 Å². The molecule has 0 radical (unpaired) electrons. The summed E-state index contributed by atoms with van der Waals surface area (Å²) in [6.07, 6.45) is -19.1. The molecule has 216 valence electrons. The molecule has 2 aromatic carbocycles. The molecule has 0 fully saturated rings. The van der Waals surface area contributed by atoms with Gasteiger partial charge in [0.1, 0.15) is 0 Å². The van der Waals surface area contributed by atoms with Crippen LogP contribution in [0.3, 0.4) is 0 Å². The van der Waals surface area contributed by atoms with Crippen LogP contribution in [0.5, 0.6) is 0 Å². The molecule has 3 rings (SSSR count). The number of nitrogens with zero attached hydrogens (tertiary/aromatic N) is 1. The van der Waals surface area contributed by atoms with Gasteiger partial charge in [0, 0.05) is 17.1 Å². The van der Waals surface area contributed by atoms with Gasteiger partial charge >= 0.3 is 24.2 Å². The fraction of sp³-hybridized carbons (Fsp3) is 0.217. The SMILES string of the molecule is CN(C(=O)c1cccs1)c1cccc(C(=O)Nc2c(Br)cc(C(F)(C(F)(F)F)C(F)(F)F)cc2C(F)(F)F)c1F. The first-order valence-electron chi connectivity index (χ1n) is 10.4. The average Bonchev–Trinajstić information content (AvgIpc) is 3.36. The Labute approximate surface area is 229 Å². The topological polar surface area (TPSA) is 49.4 Å². The molecule has 40 heavy (non-hydrogen) atoms. The molecule has 0 spiro atoms. The van der Waals surface area contributed by atoms with Crippen LogP contribution in [0.1, 0.15) is 31.2 Å². The van der Waals surface area contributed by atoms with E-state index in [-0.39, 0.29) is 10.9 Å². The van der Waals surface area contributed by atoms with E-state index in [0.29, 0.717) is 0 Å². The number of carbonyl (C=O) groups excluding carboxylic acids is 2. The largest absolute Gasteiger partial charge is 0.435 e. The normalized spacial score (nSPS) is 12.8. The molecule has 1 aromatic heterocycles. The summed E-state index contributed by atoms with van der Waals surface area (Å²) in [7, 11) is 1.14. The Hall–Kier alpha value is -3.21. The molecular formula is C23H12BrF11N2O2S. The maximum Gasteiger partial charge on any atom is 0.435 e. The number of hydrogen-bond donors (Lipinski definition) is 1. The number of carbonyl (C=O) groups is 2. The Morgan fingerprint density at radius 3 is 2.00 bits per heavy atom. The minimum Gasteiger partial charge on any atom is -0.320 e. The van der Waals surface area contributed by atoms with E-state index in [4.69, 9.17) is 0 Å². The van der Waals surface area contributed by atoms with E-state index in [0.717, 1.165) is 41.5 Å². The maximum absolute atomic E-state index is 15.2. The predicted molar refractivity (Wildman–Crippen MR) is 125 cm³/mol. The average molecular weight is 669 g/mol. The summed E-state index contributed by atoms with van der Waals surface area (Å²) in [5.41, 5.74) is -13.8. The highest BCUT2D eigenvalue weighted by atomic mass is 79.9. The molecule has 0 bridgehead atoms. The third-order valence-corrected chi connectivity index (χ3v) is 6.92. The van der Waals surface area contributed by atoms with Gasteiger partial charge < -0.3 is 10.2 Å². The minimum absolute atomic E-state index is 0.178. The summed E-state index contributed by atoms with van der Waals surface area (Å²) in [6, 6.07) is 4.91. The van der Waals surface area contributed by atoms with Crippen molar-refractivity contribution >= 4 is 50.5 Å². The van der Waals surface area contributed by atoms with Crippen LogP contribution in [-0.4, -0.2) is 31.2 Å². The van der Waals surface area contributed by atoms with Crippen molar-refractivity contribution in [3.8, 4) is 0 Å². The molecule has 0 aliphatic heterocycles. The number of thiophene rings is 1. The second-order valence-electron chi connectivity index (χ2n) is 7.97. The summed E-state index contributed by atoms with van der Waals surface area (Å²) in [4.78, 5) is 26.3. The summed E-state index contributed by atoms with van der Waals surface area (Å²) >= 11 is 3.36. The van der Waals surface area contributed by atoms with Gasteiger partial charge in [-0.1, -0.05) is 12.1 Å². The molecule has 0 atom stereocenters. The van der Waals surface area contributed by atoms with Gasteiger partial charge in [-0.3, -0.25) is 9.59 Å². The van der Waals surface area contributed by atoms with E-state index in [1.165, 1.54) is 12.1 Å². The van der Waals surface area contributed by atoms with Crippen LogP contribution in [0.15, 0.2) is 52.3 Å². The van der Waals surface area contributed by atoms with E-state index >= 15 is 4.39 Å². The van der Waals surface area contributed by atoms with Gasteiger partial charge in [-0.15, -0.1) is 11.3 Å². The maximum atomic E-state index is 15.2. The van der Waals surface area contributed by atoms with Gasteiger partial charge in [0.05, 0.1) is 27.4 Å². The summed E-state index contributed by atoms with van der Waals surface area (Å²) in [6.45, 7) is 0. The summed E-state index contributed by atoms with van der Waals surface area (Å²) < 4.78 is 149. The molecule has 0 saturated heterocycles. The number of nitrogens with one attached hydrogen (secondary N) is 1. The summed E-state index contributed by atoms with van der Waals surface area (Å²) in [5, 5.41) is 3.14. The summed E-state index contributed by atoms with van der Waals surface area (Å²) in [5.74, 6) is -3.70. The van der Waals surface area contributed by atoms with Crippen molar-refractivity contribution in [3.63, 3.8) is 0 Å². The molecule has 3 aromatic rings. The van der Waals surface area contributed by atoms with Crippen molar-refractivity contribution in [1.29, 1.82) is 0 Å². The molecule has 0 unspecified atom stereocenters. The van der Waals surface area contributed by atoms with Gasteiger partial charge in [-0.2, -0.15) is 39.5 Å². The van der Waals surface area contributed by atoms with E-state index in [1.54, 1.807) is 10.7 Å². The van der Waals surface area contributed by atoms with Crippen LogP contribution < -0.4 is 10.2 Å². The molecule has 0 saturated carbocycles. The zero-order valence-electron chi connectivity index (χ0n) is 19.3. The van der Waals surface area contributed by atoms with Gasteiger partial charge in [0.2, 0.25) is 0 Å². The lowest BCUT2D eigenvalue weighted by Crippen LogP contribution is -2.50. The lowest BCUT2D eigenvalue weighted by molar-refractivity contribution is -0.348. The molecule has 2 amide bonds. The Kier molecular flexibility index (Phi) is 8.34. The van der Waals surface area contributed by atoms with Crippen LogP contribution >= 0.6 is 27.3 Å². The minimum atomic E-state index is -6.71. The van der Waals surface area contributed by atoms with E-state index in [2.05, 4.69) is 15.9 Å². The third-order valence-electron chi connectivity index (χ3n) is 5.43. The van der Waals surface area contributed by atoms with E-state index in [1.807, 2.05) is 0 Å². The first-order valence-corrected chi connectivity index (χ1v) is 12.0. The monoisotopic (exact) mass is 668 g/mol. The molecule has 17 heteroatoms. The lowest BCUT2D eigenvalue weighted by Gasteiger charge is -2.31. The zero-order chi connectivity index (χ0) is 30.4. The second-order valence-corrected chi connectivity index (χ2v) is 9.77. The zero-order valence-corrected chi connectivity index (χ0v) is 21.7.